The van der Waals surface area contributed by atoms with Crippen LogP contribution in [0, 0.1) is 11.3 Å². The van der Waals surface area contributed by atoms with Gasteiger partial charge in [0.2, 0.25) is 0 Å². The van der Waals surface area contributed by atoms with Crippen LogP contribution in [0.1, 0.15) is 34.8 Å². The van der Waals surface area contributed by atoms with Crippen molar-refractivity contribution >= 4 is 23.3 Å². The molecule has 2 aromatic rings. The second-order valence-electron chi connectivity index (χ2n) is 7.44. The molecule has 0 aliphatic rings. The number of alkyl halides is 3. The first-order valence-electron chi connectivity index (χ1n) is 10.3. The molecular weight excluding hydrogens is 489 g/mol. The fourth-order valence-electron chi connectivity index (χ4n) is 3.01. The van der Waals surface area contributed by atoms with Gasteiger partial charge in [0, 0.05) is 12.0 Å². The zero-order valence-corrected chi connectivity index (χ0v) is 18.8. The number of nitrogens with one attached hydrogen (secondary N) is 1. The predicted molar refractivity (Wildman–Crippen MR) is 117 cm³/mol. The van der Waals surface area contributed by atoms with Crippen LogP contribution in [-0.4, -0.2) is 58.5 Å². The first-order chi connectivity index (χ1) is 16.8. The van der Waals surface area contributed by atoms with Gasteiger partial charge in [-0.3, -0.25) is 9.59 Å². The Morgan fingerprint density at radius 1 is 1.11 bits per heavy atom. The maximum absolute atomic E-state index is 12.7. The van der Waals surface area contributed by atoms with Crippen molar-refractivity contribution in [3.63, 3.8) is 0 Å². The number of carbonyl (C=O) groups excluding carboxylic acids is 2. The zero-order chi connectivity index (χ0) is 27.0. The van der Waals surface area contributed by atoms with Gasteiger partial charge in [0.25, 0.3) is 0 Å². The number of carbonyl (C=O) groups is 3. The lowest BCUT2D eigenvalue weighted by atomic mass is 10.0. The van der Waals surface area contributed by atoms with Gasteiger partial charge in [-0.2, -0.15) is 18.4 Å². The molecule has 192 valence electrons. The summed E-state index contributed by atoms with van der Waals surface area (Å²) in [5.41, 5.74) is -0.771. The summed E-state index contributed by atoms with van der Waals surface area (Å²) in [6.45, 7) is 0.192. The molecule has 0 saturated carbocycles. The number of hydrogen-bond acceptors (Lipinski definition) is 8. The molecule has 0 spiro atoms. The predicted octanol–water partition coefficient (Wildman–Crippen LogP) is 2.80. The molecule has 13 heteroatoms. The van der Waals surface area contributed by atoms with Gasteiger partial charge in [-0.25, -0.2) is 4.79 Å². The Kier molecular flexibility index (Phi) is 9.23. The summed E-state index contributed by atoms with van der Waals surface area (Å²) in [6.07, 6.45) is -7.84. The van der Waals surface area contributed by atoms with E-state index in [9.17, 15) is 43.0 Å². The van der Waals surface area contributed by atoms with Gasteiger partial charge in [-0.05, 0) is 37.6 Å². The van der Waals surface area contributed by atoms with Crippen LogP contribution in [0.15, 0.2) is 30.3 Å². The summed E-state index contributed by atoms with van der Waals surface area (Å²) in [7, 11) is 0. The van der Waals surface area contributed by atoms with Crippen molar-refractivity contribution in [2.24, 2.45) is 0 Å². The van der Waals surface area contributed by atoms with Crippen LogP contribution >= 0.6 is 0 Å². The van der Waals surface area contributed by atoms with E-state index in [1.807, 2.05) is 5.32 Å². The van der Waals surface area contributed by atoms with Crippen LogP contribution in [0.5, 0.6) is 17.2 Å². The minimum Gasteiger partial charge on any atom is -0.507 e. The van der Waals surface area contributed by atoms with Crippen molar-refractivity contribution in [1.29, 1.82) is 5.26 Å². The maximum atomic E-state index is 12.7. The first-order valence-corrected chi connectivity index (χ1v) is 10.3. The summed E-state index contributed by atoms with van der Waals surface area (Å²) in [6, 6.07) is 8.10. The number of ether oxygens (including phenoxy) is 2. The van der Waals surface area contributed by atoms with E-state index in [-0.39, 0.29) is 33.9 Å². The van der Waals surface area contributed by atoms with E-state index in [1.165, 1.54) is 30.3 Å². The third-order valence-corrected chi connectivity index (χ3v) is 4.72. The van der Waals surface area contributed by atoms with Crippen molar-refractivity contribution in [1.82, 2.24) is 0 Å². The molecule has 36 heavy (non-hydrogen) atoms. The number of ketones is 1. The number of rotatable bonds is 10. The number of nitriles is 1. The summed E-state index contributed by atoms with van der Waals surface area (Å²) in [5, 5.41) is 40.6. The molecule has 2 rings (SSSR count). The van der Waals surface area contributed by atoms with E-state index in [4.69, 9.17) is 14.6 Å². The van der Waals surface area contributed by atoms with Gasteiger partial charge in [0.15, 0.2) is 5.78 Å². The molecule has 2 aromatic carbocycles. The lowest BCUT2D eigenvalue weighted by Gasteiger charge is -2.18. The van der Waals surface area contributed by atoms with Crippen LogP contribution < -0.4 is 14.8 Å². The Morgan fingerprint density at radius 3 is 2.31 bits per heavy atom. The van der Waals surface area contributed by atoms with Crippen molar-refractivity contribution in [2.75, 3.05) is 18.5 Å². The Labute approximate surface area is 202 Å². The quantitative estimate of drug-likeness (QED) is 0.278. The molecule has 10 nitrogen and oxygen atoms in total. The lowest BCUT2D eigenvalue weighted by molar-refractivity contribution is -0.147. The van der Waals surface area contributed by atoms with Gasteiger partial charge >= 0.3 is 18.1 Å². The van der Waals surface area contributed by atoms with E-state index in [1.54, 1.807) is 6.07 Å². The summed E-state index contributed by atoms with van der Waals surface area (Å²) in [5.74, 6) is -4.61. The van der Waals surface area contributed by atoms with Crippen LogP contribution in [0.3, 0.4) is 0 Å². The zero-order valence-electron chi connectivity index (χ0n) is 18.8. The minimum absolute atomic E-state index is 0.0888. The number of benzene rings is 2. The number of aliphatic hydroxyl groups is 1. The number of carboxylic acid groups (broad SMARTS) is 1. The summed E-state index contributed by atoms with van der Waals surface area (Å²) >= 11 is 0. The molecule has 0 radical (unpaired) electrons. The molecule has 1 amide bonds. The van der Waals surface area contributed by atoms with Crippen LogP contribution in [0.2, 0.25) is 0 Å². The number of anilines is 1. The number of halogens is 3. The van der Waals surface area contributed by atoms with Crippen molar-refractivity contribution in [3.05, 3.63) is 47.0 Å². The molecule has 0 bridgehead atoms. The van der Waals surface area contributed by atoms with E-state index < -0.39 is 61.7 Å². The summed E-state index contributed by atoms with van der Waals surface area (Å²) < 4.78 is 48.9. The van der Waals surface area contributed by atoms with Gasteiger partial charge in [-0.15, -0.1) is 0 Å². The van der Waals surface area contributed by atoms with E-state index in [2.05, 4.69) is 0 Å². The number of nitrogens with zero attached hydrogens (tertiary/aromatic N) is 1. The van der Waals surface area contributed by atoms with Crippen molar-refractivity contribution in [2.45, 2.75) is 32.0 Å². The number of aliphatic hydroxyl groups excluding tert-OH is 1. The molecule has 0 fully saturated rings. The van der Waals surface area contributed by atoms with Gasteiger partial charge in [-0.1, -0.05) is 6.07 Å². The lowest BCUT2D eigenvalue weighted by Crippen LogP contribution is -2.26. The second-order valence-corrected chi connectivity index (χ2v) is 7.44. The molecule has 0 aromatic heterocycles. The van der Waals surface area contributed by atoms with Gasteiger partial charge in [0.1, 0.15) is 48.2 Å². The fourth-order valence-corrected chi connectivity index (χ4v) is 3.01. The normalized spacial score (nSPS) is 11.8. The van der Waals surface area contributed by atoms with Crippen LogP contribution in [0.25, 0.3) is 0 Å². The molecule has 0 saturated heterocycles. The summed E-state index contributed by atoms with van der Waals surface area (Å²) in [4.78, 5) is 33.7. The average molecular weight is 510 g/mol. The third-order valence-electron chi connectivity index (χ3n) is 4.72. The monoisotopic (exact) mass is 510 g/mol. The Bertz CT molecular complexity index is 1190. The van der Waals surface area contributed by atoms with Gasteiger partial charge < -0.3 is 30.1 Å². The number of amides is 1. The standard InChI is InChI=1S/C23H21F3N2O8/c1-12(29)14-5-6-19(15(20(14)31)7-8-23(24,25)26)36-11-13(30)10-35-18-4-2-3-17(16(18)9-27)28-21(32)22(33)34/h2-6,13,30-31H,7-8,10-11H2,1H3,(H,28,32)(H,33,34). The van der Waals surface area contributed by atoms with Crippen LogP contribution in [-0.2, 0) is 16.0 Å². The Morgan fingerprint density at radius 2 is 1.75 bits per heavy atom. The number of hydrogen-bond donors (Lipinski definition) is 4. The van der Waals surface area contributed by atoms with E-state index >= 15 is 0 Å². The smallest absolute Gasteiger partial charge is 0.394 e. The highest BCUT2D eigenvalue weighted by atomic mass is 19.4. The van der Waals surface area contributed by atoms with Crippen molar-refractivity contribution < 1.29 is 52.3 Å². The second kappa shape index (κ2) is 11.9. The van der Waals surface area contributed by atoms with E-state index in [0.717, 1.165) is 6.92 Å². The number of phenolic OH excluding ortho intramolecular Hbond substituents is 1. The Hall–Kier alpha value is -4.31. The number of aliphatic carboxylic acids is 1. The van der Waals surface area contributed by atoms with Crippen molar-refractivity contribution in [3.8, 4) is 23.3 Å². The number of phenols is 1. The number of Topliss-reactive ketones (excluding diaryl/α,β-unsaturated/α-hetero) is 1. The molecule has 0 aliphatic heterocycles. The highest BCUT2D eigenvalue weighted by Crippen LogP contribution is 2.35. The molecule has 1 atom stereocenters. The van der Waals surface area contributed by atoms with Crippen LogP contribution in [0.4, 0.5) is 18.9 Å². The SMILES string of the molecule is CC(=O)c1ccc(OCC(O)COc2cccc(NC(=O)C(=O)O)c2C#N)c(CCC(F)(F)F)c1O. The number of aromatic hydroxyl groups is 1. The molecule has 4 N–H and O–H groups in total. The minimum atomic E-state index is -4.53. The first kappa shape index (κ1) is 27.9. The molecule has 0 heterocycles. The topological polar surface area (TPSA) is 166 Å². The number of carboxylic acids is 1. The molecule has 1 unspecified atom stereocenters. The molecule has 0 aliphatic carbocycles. The third kappa shape index (κ3) is 7.60. The Balaban J connectivity index is 2.11. The highest BCUT2D eigenvalue weighted by Gasteiger charge is 2.29. The fraction of sp³-hybridized carbons (Fsp3) is 0.304. The average Bonchev–Trinajstić information content (AvgIpc) is 2.79. The largest absolute Gasteiger partial charge is 0.507 e. The molecular formula is C23H21F3N2O8. The highest BCUT2D eigenvalue weighted by molar-refractivity contribution is 6.36. The maximum Gasteiger partial charge on any atom is 0.394 e. The van der Waals surface area contributed by atoms with E-state index in [0.29, 0.717) is 0 Å². The van der Waals surface area contributed by atoms with Gasteiger partial charge in [0.05, 0.1) is 11.3 Å².